The van der Waals surface area contributed by atoms with Gasteiger partial charge >= 0.3 is 5.69 Å². The van der Waals surface area contributed by atoms with Gasteiger partial charge in [-0.1, -0.05) is 12.1 Å². The normalized spacial score (nSPS) is 16.7. The molecule has 1 aliphatic rings. The Labute approximate surface area is 175 Å². The molecule has 2 aromatic carbocycles. The maximum Gasteiger partial charge on any atom is 0.328 e. The second-order valence-corrected chi connectivity index (χ2v) is 7.71. The SMILES string of the molecule is COc1ccccc1C(=O)Nc1cc2c(cc1N1CCN[C@H](C)C1)n(C)c(=O)n2C. The van der Waals surface area contributed by atoms with Crippen LogP contribution in [0.15, 0.2) is 41.2 Å². The van der Waals surface area contributed by atoms with Crippen molar-refractivity contribution in [1.29, 1.82) is 0 Å². The minimum absolute atomic E-state index is 0.0992. The minimum atomic E-state index is -0.253. The summed E-state index contributed by atoms with van der Waals surface area (Å²) < 4.78 is 8.58. The van der Waals surface area contributed by atoms with Crippen LogP contribution >= 0.6 is 0 Å². The van der Waals surface area contributed by atoms with Crippen molar-refractivity contribution in [2.75, 3.05) is 37.0 Å². The van der Waals surface area contributed by atoms with Crippen LogP contribution in [-0.2, 0) is 14.1 Å². The molecular formula is C22H27N5O3. The van der Waals surface area contributed by atoms with E-state index in [0.29, 0.717) is 23.0 Å². The van der Waals surface area contributed by atoms with Gasteiger partial charge in [-0.15, -0.1) is 0 Å². The van der Waals surface area contributed by atoms with Crippen LogP contribution in [0.4, 0.5) is 11.4 Å². The van der Waals surface area contributed by atoms with Gasteiger partial charge in [0.05, 0.1) is 35.1 Å². The summed E-state index contributed by atoms with van der Waals surface area (Å²) in [5.41, 5.74) is 3.54. The number of hydrogen-bond donors (Lipinski definition) is 2. The summed E-state index contributed by atoms with van der Waals surface area (Å²) >= 11 is 0. The molecule has 0 radical (unpaired) electrons. The molecule has 30 heavy (non-hydrogen) atoms. The van der Waals surface area contributed by atoms with Gasteiger partial charge in [-0.2, -0.15) is 0 Å². The quantitative estimate of drug-likeness (QED) is 0.688. The number of rotatable bonds is 4. The first-order chi connectivity index (χ1) is 14.4. The highest BCUT2D eigenvalue weighted by Gasteiger charge is 2.23. The summed E-state index contributed by atoms with van der Waals surface area (Å²) in [6, 6.07) is 11.3. The number of nitrogens with zero attached hydrogens (tertiary/aromatic N) is 3. The first-order valence-electron chi connectivity index (χ1n) is 10.0. The standard InChI is InChI=1S/C22H27N5O3/c1-14-13-27(10-9-23-14)17-12-19-18(25(2)22(29)26(19)3)11-16(17)24-21(28)15-7-5-6-8-20(15)30-4/h5-8,11-12,14,23H,9-10,13H2,1-4H3,(H,24,28)/t14-/m1/s1. The van der Waals surface area contributed by atoms with Crippen LogP contribution in [0.1, 0.15) is 17.3 Å². The van der Waals surface area contributed by atoms with Crippen molar-refractivity contribution < 1.29 is 9.53 Å². The van der Waals surface area contributed by atoms with Crippen molar-refractivity contribution in [2.24, 2.45) is 14.1 Å². The number of aryl methyl sites for hydroxylation is 2. The van der Waals surface area contributed by atoms with Crippen LogP contribution in [0, 0.1) is 0 Å². The van der Waals surface area contributed by atoms with Gasteiger partial charge in [0.2, 0.25) is 0 Å². The number of benzene rings is 2. The van der Waals surface area contributed by atoms with Crippen LogP contribution in [0.2, 0.25) is 0 Å². The molecule has 0 unspecified atom stereocenters. The van der Waals surface area contributed by atoms with Gasteiger partial charge in [0.25, 0.3) is 5.91 Å². The molecule has 1 fully saturated rings. The Hall–Kier alpha value is -3.26. The van der Waals surface area contributed by atoms with Gasteiger partial charge in [-0.05, 0) is 31.2 Å². The molecule has 2 N–H and O–H groups in total. The zero-order valence-corrected chi connectivity index (χ0v) is 17.7. The molecule has 3 aromatic rings. The van der Waals surface area contributed by atoms with Crippen molar-refractivity contribution in [3.05, 3.63) is 52.4 Å². The summed E-state index contributed by atoms with van der Waals surface area (Å²) in [6.07, 6.45) is 0. The molecule has 8 nitrogen and oxygen atoms in total. The molecule has 0 saturated carbocycles. The topological polar surface area (TPSA) is 80.5 Å². The summed E-state index contributed by atoms with van der Waals surface area (Å²) in [5, 5.41) is 6.50. The van der Waals surface area contributed by atoms with Gasteiger partial charge in [0.1, 0.15) is 5.75 Å². The molecule has 1 saturated heterocycles. The fraction of sp³-hybridized carbons (Fsp3) is 0.364. The zero-order valence-electron chi connectivity index (χ0n) is 17.7. The number of aromatic nitrogens is 2. The van der Waals surface area contributed by atoms with Crippen LogP contribution in [0.3, 0.4) is 0 Å². The number of ether oxygens (including phenoxy) is 1. The molecule has 1 atom stereocenters. The van der Waals surface area contributed by atoms with Gasteiger partial charge in [-0.3, -0.25) is 13.9 Å². The Morgan fingerprint density at radius 1 is 1.17 bits per heavy atom. The van der Waals surface area contributed by atoms with E-state index in [-0.39, 0.29) is 11.6 Å². The highest BCUT2D eigenvalue weighted by Crippen LogP contribution is 2.32. The van der Waals surface area contributed by atoms with Gasteiger partial charge < -0.3 is 20.3 Å². The van der Waals surface area contributed by atoms with Crippen LogP contribution < -0.4 is 26.0 Å². The van der Waals surface area contributed by atoms with Gasteiger partial charge in [-0.25, -0.2) is 4.79 Å². The summed E-state index contributed by atoms with van der Waals surface area (Å²) in [6.45, 7) is 4.61. The summed E-state index contributed by atoms with van der Waals surface area (Å²) in [5.74, 6) is 0.262. The smallest absolute Gasteiger partial charge is 0.328 e. The Bertz CT molecular complexity index is 1160. The van der Waals surface area contributed by atoms with E-state index in [1.807, 2.05) is 18.2 Å². The number of anilines is 2. The molecular weight excluding hydrogens is 382 g/mol. The van der Waals surface area contributed by atoms with E-state index in [9.17, 15) is 9.59 Å². The minimum Gasteiger partial charge on any atom is -0.496 e. The number of imidazole rings is 1. The van der Waals surface area contributed by atoms with E-state index < -0.39 is 0 Å². The number of carbonyl (C=O) groups is 1. The lowest BCUT2D eigenvalue weighted by atomic mass is 10.1. The van der Waals surface area contributed by atoms with E-state index in [4.69, 9.17) is 4.74 Å². The van der Waals surface area contributed by atoms with Crippen LogP contribution in [0.5, 0.6) is 5.75 Å². The Kier molecular flexibility index (Phi) is 5.26. The number of hydrogen-bond acceptors (Lipinski definition) is 5. The molecule has 0 aliphatic carbocycles. The lowest BCUT2D eigenvalue weighted by Gasteiger charge is -2.35. The summed E-state index contributed by atoms with van der Waals surface area (Å²) in [4.78, 5) is 27.8. The molecule has 0 spiro atoms. The predicted octanol–water partition coefficient (Wildman–Crippen LogP) is 1.94. The largest absolute Gasteiger partial charge is 0.496 e. The van der Waals surface area contributed by atoms with E-state index in [0.717, 1.165) is 36.4 Å². The maximum absolute atomic E-state index is 13.1. The number of carbonyl (C=O) groups excluding carboxylic acids is 1. The lowest BCUT2D eigenvalue weighted by molar-refractivity contribution is 0.102. The monoisotopic (exact) mass is 409 g/mol. The number of amides is 1. The number of methoxy groups -OCH3 is 1. The van der Waals surface area contributed by atoms with E-state index in [2.05, 4.69) is 22.5 Å². The van der Waals surface area contributed by atoms with Crippen molar-refractivity contribution in [1.82, 2.24) is 14.5 Å². The molecule has 4 rings (SSSR count). The van der Waals surface area contributed by atoms with E-state index in [1.54, 1.807) is 48.5 Å². The van der Waals surface area contributed by atoms with Crippen molar-refractivity contribution >= 4 is 28.3 Å². The Morgan fingerprint density at radius 2 is 1.87 bits per heavy atom. The Morgan fingerprint density at radius 3 is 2.57 bits per heavy atom. The van der Waals surface area contributed by atoms with Crippen LogP contribution in [-0.4, -0.2) is 47.8 Å². The fourth-order valence-electron chi connectivity index (χ4n) is 4.07. The van der Waals surface area contributed by atoms with E-state index >= 15 is 0 Å². The maximum atomic E-state index is 13.1. The predicted molar refractivity (Wildman–Crippen MR) is 119 cm³/mol. The second kappa shape index (κ2) is 7.87. The summed E-state index contributed by atoms with van der Waals surface area (Å²) in [7, 11) is 5.05. The third-order valence-corrected chi connectivity index (χ3v) is 5.70. The molecule has 2 heterocycles. The van der Waals surface area contributed by atoms with Crippen LogP contribution in [0.25, 0.3) is 11.0 Å². The highest BCUT2D eigenvalue weighted by atomic mass is 16.5. The number of nitrogens with one attached hydrogen (secondary N) is 2. The molecule has 1 amide bonds. The van der Waals surface area contributed by atoms with Crippen molar-refractivity contribution in [2.45, 2.75) is 13.0 Å². The molecule has 1 aliphatic heterocycles. The number of para-hydroxylation sites is 1. The van der Waals surface area contributed by atoms with E-state index in [1.165, 1.54) is 0 Å². The average Bonchev–Trinajstić information content (AvgIpc) is 2.96. The number of fused-ring (bicyclic) bond motifs is 1. The second-order valence-electron chi connectivity index (χ2n) is 7.71. The highest BCUT2D eigenvalue weighted by molar-refractivity contribution is 6.09. The molecule has 0 bridgehead atoms. The van der Waals surface area contributed by atoms with Gasteiger partial charge in [0.15, 0.2) is 0 Å². The molecule has 1 aromatic heterocycles. The third kappa shape index (κ3) is 3.43. The average molecular weight is 409 g/mol. The zero-order chi connectivity index (χ0) is 21.4. The molecule has 158 valence electrons. The Balaban J connectivity index is 1.82. The molecule has 8 heteroatoms. The fourth-order valence-corrected chi connectivity index (χ4v) is 4.07. The first-order valence-corrected chi connectivity index (χ1v) is 10.0. The van der Waals surface area contributed by atoms with Crippen molar-refractivity contribution in [3.8, 4) is 5.75 Å². The number of piperazine rings is 1. The van der Waals surface area contributed by atoms with Gasteiger partial charge in [0, 0.05) is 39.8 Å². The third-order valence-electron chi connectivity index (χ3n) is 5.70. The first kappa shape index (κ1) is 20.0. The van der Waals surface area contributed by atoms with Crippen molar-refractivity contribution in [3.63, 3.8) is 0 Å². The lowest BCUT2D eigenvalue weighted by Crippen LogP contribution is -2.49.